The van der Waals surface area contributed by atoms with Gasteiger partial charge in [0.2, 0.25) is 0 Å². The molecule has 1 aromatic rings. The molecule has 0 bridgehead atoms. The van der Waals surface area contributed by atoms with Gasteiger partial charge in [-0.25, -0.2) is 0 Å². The largest absolute Gasteiger partial charge is 0.396 e. The lowest BCUT2D eigenvalue weighted by Crippen LogP contribution is -2.22. The summed E-state index contributed by atoms with van der Waals surface area (Å²) in [6, 6.07) is 10.1. The molecule has 0 saturated carbocycles. The SMILES string of the molecule is CC(CO)CC(C)CC(C)CC(C)C(O)CCOCc1ccccc1. The van der Waals surface area contributed by atoms with Crippen LogP contribution in [0.15, 0.2) is 30.3 Å². The minimum Gasteiger partial charge on any atom is -0.396 e. The Bertz CT molecular complexity index is 434. The van der Waals surface area contributed by atoms with Crippen molar-refractivity contribution in [2.24, 2.45) is 23.7 Å². The second-order valence-electron chi connectivity index (χ2n) is 8.08. The summed E-state index contributed by atoms with van der Waals surface area (Å²) in [7, 11) is 0. The summed E-state index contributed by atoms with van der Waals surface area (Å²) >= 11 is 0. The van der Waals surface area contributed by atoms with Crippen LogP contribution >= 0.6 is 0 Å². The van der Waals surface area contributed by atoms with E-state index in [-0.39, 0.29) is 18.6 Å². The maximum atomic E-state index is 10.4. The van der Waals surface area contributed by atoms with Gasteiger partial charge in [-0.3, -0.25) is 0 Å². The predicted molar refractivity (Wildman–Crippen MR) is 104 cm³/mol. The van der Waals surface area contributed by atoms with Crippen LogP contribution in [-0.2, 0) is 11.3 Å². The second-order valence-corrected chi connectivity index (χ2v) is 8.08. The summed E-state index contributed by atoms with van der Waals surface area (Å²) in [4.78, 5) is 0. The quantitative estimate of drug-likeness (QED) is 0.509. The average molecular weight is 351 g/mol. The average Bonchev–Trinajstić information content (AvgIpc) is 2.58. The van der Waals surface area contributed by atoms with E-state index in [2.05, 4.69) is 39.8 Å². The smallest absolute Gasteiger partial charge is 0.0716 e. The van der Waals surface area contributed by atoms with Crippen LogP contribution in [0.25, 0.3) is 0 Å². The van der Waals surface area contributed by atoms with Gasteiger partial charge in [0, 0.05) is 13.2 Å². The van der Waals surface area contributed by atoms with Crippen LogP contribution < -0.4 is 0 Å². The van der Waals surface area contributed by atoms with E-state index in [1.807, 2.05) is 18.2 Å². The van der Waals surface area contributed by atoms with E-state index >= 15 is 0 Å². The molecule has 0 aliphatic rings. The number of rotatable bonds is 13. The van der Waals surface area contributed by atoms with Crippen LogP contribution in [0.4, 0.5) is 0 Å². The van der Waals surface area contributed by atoms with Crippen molar-refractivity contribution in [3.63, 3.8) is 0 Å². The zero-order valence-electron chi connectivity index (χ0n) is 16.5. The fourth-order valence-corrected chi connectivity index (χ4v) is 3.69. The van der Waals surface area contributed by atoms with Crippen LogP contribution in [0.1, 0.15) is 58.9 Å². The minimum atomic E-state index is -0.301. The number of benzene rings is 1. The van der Waals surface area contributed by atoms with Crippen molar-refractivity contribution >= 4 is 0 Å². The van der Waals surface area contributed by atoms with Crippen molar-refractivity contribution in [3.8, 4) is 0 Å². The first-order chi connectivity index (χ1) is 11.9. The van der Waals surface area contributed by atoms with Crippen molar-refractivity contribution in [1.82, 2.24) is 0 Å². The standard InChI is InChI=1S/C22H38O3/c1-17(13-19(3)15-23)12-18(2)14-20(4)22(24)10-11-25-16-21-8-6-5-7-9-21/h5-9,17-20,22-24H,10-16H2,1-4H3. The van der Waals surface area contributed by atoms with Crippen molar-refractivity contribution < 1.29 is 14.9 Å². The lowest BCUT2D eigenvalue weighted by Gasteiger charge is -2.25. The van der Waals surface area contributed by atoms with E-state index in [1.165, 1.54) is 5.56 Å². The highest BCUT2D eigenvalue weighted by Gasteiger charge is 2.19. The van der Waals surface area contributed by atoms with Gasteiger partial charge >= 0.3 is 0 Å². The topological polar surface area (TPSA) is 49.7 Å². The minimum absolute atomic E-state index is 0.275. The number of hydrogen-bond donors (Lipinski definition) is 2. The molecule has 3 heteroatoms. The van der Waals surface area contributed by atoms with E-state index in [1.54, 1.807) is 0 Å². The highest BCUT2D eigenvalue weighted by atomic mass is 16.5. The predicted octanol–water partition coefficient (Wildman–Crippen LogP) is 4.66. The third kappa shape index (κ3) is 9.98. The summed E-state index contributed by atoms with van der Waals surface area (Å²) in [6.07, 6.45) is 3.66. The first-order valence-corrected chi connectivity index (χ1v) is 9.82. The molecule has 0 aromatic heterocycles. The highest BCUT2D eigenvalue weighted by molar-refractivity contribution is 5.13. The normalized spacial score (nSPS) is 17.7. The van der Waals surface area contributed by atoms with E-state index in [9.17, 15) is 5.11 Å². The fraction of sp³-hybridized carbons (Fsp3) is 0.727. The molecule has 0 spiro atoms. The molecule has 5 atom stereocenters. The van der Waals surface area contributed by atoms with Crippen molar-refractivity contribution in [3.05, 3.63) is 35.9 Å². The van der Waals surface area contributed by atoms with E-state index in [0.717, 1.165) is 19.3 Å². The lowest BCUT2D eigenvalue weighted by molar-refractivity contribution is 0.0425. The van der Waals surface area contributed by atoms with Crippen LogP contribution in [0, 0.1) is 23.7 Å². The first-order valence-electron chi connectivity index (χ1n) is 9.82. The van der Waals surface area contributed by atoms with Crippen LogP contribution in [0.3, 0.4) is 0 Å². The lowest BCUT2D eigenvalue weighted by atomic mass is 9.84. The molecule has 144 valence electrons. The molecule has 0 radical (unpaired) electrons. The molecule has 0 fully saturated rings. The van der Waals surface area contributed by atoms with E-state index in [0.29, 0.717) is 37.4 Å². The zero-order chi connectivity index (χ0) is 18.7. The maximum absolute atomic E-state index is 10.4. The number of aliphatic hydroxyl groups excluding tert-OH is 2. The van der Waals surface area contributed by atoms with Crippen molar-refractivity contribution in [2.75, 3.05) is 13.2 Å². The Balaban J connectivity index is 2.18. The van der Waals surface area contributed by atoms with Crippen LogP contribution in [-0.4, -0.2) is 29.5 Å². The number of hydrogen-bond acceptors (Lipinski definition) is 3. The molecule has 1 rings (SSSR count). The third-order valence-corrected chi connectivity index (χ3v) is 5.02. The molecule has 0 amide bonds. The van der Waals surface area contributed by atoms with Gasteiger partial charge in [0.25, 0.3) is 0 Å². The summed E-state index contributed by atoms with van der Waals surface area (Å²) in [5.41, 5.74) is 1.17. The summed E-state index contributed by atoms with van der Waals surface area (Å²) in [5.74, 6) is 1.89. The maximum Gasteiger partial charge on any atom is 0.0716 e. The molecule has 0 saturated heterocycles. The van der Waals surface area contributed by atoms with Crippen LogP contribution in [0.2, 0.25) is 0 Å². The van der Waals surface area contributed by atoms with Gasteiger partial charge in [0.15, 0.2) is 0 Å². The molecule has 0 aliphatic carbocycles. The van der Waals surface area contributed by atoms with Crippen LogP contribution in [0.5, 0.6) is 0 Å². The van der Waals surface area contributed by atoms with Crippen molar-refractivity contribution in [1.29, 1.82) is 0 Å². The van der Waals surface area contributed by atoms with E-state index < -0.39 is 0 Å². The second kappa shape index (κ2) is 12.5. The molecule has 1 aromatic carbocycles. The zero-order valence-corrected chi connectivity index (χ0v) is 16.5. The third-order valence-electron chi connectivity index (χ3n) is 5.02. The Hall–Kier alpha value is -0.900. The molecule has 25 heavy (non-hydrogen) atoms. The summed E-state index contributed by atoms with van der Waals surface area (Å²) in [5, 5.41) is 19.5. The Morgan fingerprint density at radius 3 is 2.12 bits per heavy atom. The molecule has 0 heterocycles. The van der Waals surface area contributed by atoms with Gasteiger partial charge in [-0.2, -0.15) is 0 Å². The Labute approximate surface area is 154 Å². The summed E-state index contributed by atoms with van der Waals surface area (Å²) < 4.78 is 5.68. The molecule has 0 aliphatic heterocycles. The van der Waals surface area contributed by atoms with Gasteiger partial charge < -0.3 is 14.9 Å². The van der Waals surface area contributed by atoms with Gasteiger partial charge in [-0.15, -0.1) is 0 Å². The van der Waals surface area contributed by atoms with Gasteiger partial charge in [0.05, 0.1) is 12.7 Å². The van der Waals surface area contributed by atoms with Crippen molar-refractivity contribution in [2.45, 2.75) is 66.1 Å². The number of aliphatic hydroxyl groups is 2. The monoisotopic (exact) mass is 350 g/mol. The Kier molecular flexibility index (Phi) is 11.0. The highest BCUT2D eigenvalue weighted by Crippen LogP contribution is 2.26. The molecular formula is C22H38O3. The van der Waals surface area contributed by atoms with Gasteiger partial charge in [-0.05, 0) is 54.9 Å². The van der Waals surface area contributed by atoms with Gasteiger partial charge in [-0.1, -0.05) is 58.0 Å². The van der Waals surface area contributed by atoms with Gasteiger partial charge in [0.1, 0.15) is 0 Å². The molecule has 2 N–H and O–H groups in total. The first kappa shape index (κ1) is 22.1. The number of ether oxygens (including phenoxy) is 1. The fourth-order valence-electron chi connectivity index (χ4n) is 3.69. The summed E-state index contributed by atoms with van der Waals surface area (Å²) in [6.45, 7) is 10.3. The molecule has 3 nitrogen and oxygen atoms in total. The molecule has 5 unspecified atom stereocenters. The Morgan fingerprint density at radius 1 is 0.880 bits per heavy atom. The molecular weight excluding hydrogens is 312 g/mol. The van der Waals surface area contributed by atoms with E-state index in [4.69, 9.17) is 9.84 Å². The Morgan fingerprint density at radius 2 is 1.48 bits per heavy atom.